The van der Waals surface area contributed by atoms with Gasteiger partial charge in [-0.25, -0.2) is 9.59 Å². The predicted molar refractivity (Wildman–Crippen MR) is 125 cm³/mol. The molecule has 1 aliphatic carbocycles. The number of fused-ring (bicyclic) bond motifs is 3. The molecule has 3 N–H and O–H groups in total. The fourth-order valence-electron chi connectivity index (χ4n) is 4.92. The summed E-state index contributed by atoms with van der Waals surface area (Å²) < 4.78 is 5.44. The molecule has 8 heteroatoms. The number of alkyl carbamates (subject to hydrolysis) is 1. The lowest BCUT2D eigenvalue weighted by molar-refractivity contribution is -0.153. The SMILES string of the molecule is CC1CCN(C(=O)CC(O)CNC(=O)OCC2c3ccccc3-c3ccccc32)C(C(=O)O)C1. The van der Waals surface area contributed by atoms with Crippen molar-refractivity contribution in [3.8, 4) is 11.1 Å². The molecule has 0 radical (unpaired) electrons. The lowest BCUT2D eigenvalue weighted by Crippen LogP contribution is -2.50. The van der Waals surface area contributed by atoms with Crippen LogP contribution in [0, 0.1) is 5.92 Å². The first-order chi connectivity index (χ1) is 16.3. The highest BCUT2D eigenvalue weighted by atomic mass is 16.5. The molecule has 0 aromatic heterocycles. The van der Waals surface area contributed by atoms with Crippen LogP contribution in [0.5, 0.6) is 0 Å². The van der Waals surface area contributed by atoms with E-state index in [1.807, 2.05) is 43.3 Å². The fraction of sp³-hybridized carbons (Fsp3) is 0.423. The second-order valence-electron chi connectivity index (χ2n) is 9.14. The largest absolute Gasteiger partial charge is 0.480 e. The number of hydrogen-bond donors (Lipinski definition) is 3. The highest BCUT2D eigenvalue weighted by Crippen LogP contribution is 2.44. The number of aliphatic carboxylic acids is 1. The van der Waals surface area contributed by atoms with Gasteiger partial charge < -0.3 is 25.2 Å². The minimum absolute atomic E-state index is 0.0703. The van der Waals surface area contributed by atoms with E-state index in [9.17, 15) is 24.6 Å². The smallest absolute Gasteiger partial charge is 0.407 e. The quantitative estimate of drug-likeness (QED) is 0.578. The van der Waals surface area contributed by atoms with Crippen molar-refractivity contribution >= 4 is 18.0 Å². The number of benzene rings is 2. The van der Waals surface area contributed by atoms with E-state index in [1.54, 1.807) is 0 Å². The summed E-state index contributed by atoms with van der Waals surface area (Å²) in [5, 5.41) is 22.2. The van der Waals surface area contributed by atoms with Gasteiger partial charge in [0.15, 0.2) is 0 Å². The lowest BCUT2D eigenvalue weighted by atomic mass is 9.92. The molecule has 0 saturated carbocycles. The maximum atomic E-state index is 12.6. The number of aliphatic hydroxyl groups is 1. The van der Waals surface area contributed by atoms with Gasteiger partial charge in [0.05, 0.1) is 12.5 Å². The maximum Gasteiger partial charge on any atom is 0.407 e. The summed E-state index contributed by atoms with van der Waals surface area (Å²) in [6, 6.07) is 15.2. The Balaban J connectivity index is 1.27. The second-order valence-corrected chi connectivity index (χ2v) is 9.14. The number of aliphatic hydroxyl groups excluding tert-OH is 1. The van der Waals surface area contributed by atoms with Crippen molar-refractivity contribution in [2.75, 3.05) is 19.7 Å². The van der Waals surface area contributed by atoms with Crippen molar-refractivity contribution in [1.82, 2.24) is 10.2 Å². The van der Waals surface area contributed by atoms with E-state index in [0.29, 0.717) is 13.0 Å². The Bertz CT molecular complexity index is 1030. The van der Waals surface area contributed by atoms with Crippen molar-refractivity contribution in [2.45, 2.75) is 44.2 Å². The first-order valence-corrected chi connectivity index (χ1v) is 11.6. The Morgan fingerprint density at radius 1 is 1.09 bits per heavy atom. The van der Waals surface area contributed by atoms with Crippen molar-refractivity contribution in [1.29, 1.82) is 0 Å². The Kier molecular flexibility index (Phi) is 7.17. The molecule has 1 heterocycles. The van der Waals surface area contributed by atoms with Gasteiger partial charge in [-0.3, -0.25) is 4.79 Å². The minimum Gasteiger partial charge on any atom is -0.480 e. The molecule has 3 unspecified atom stereocenters. The molecule has 2 aromatic carbocycles. The van der Waals surface area contributed by atoms with E-state index in [1.165, 1.54) is 4.90 Å². The minimum atomic E-state index is -1.14. The molecule has 2 amide bonds. The van der Waals surface area contributed by atoms with Crippen LogP contribution in [0.2, 0.25) is 0 Å². The van der Waals surface area contributed by atoms with E-state index in [0.717, 1.165) is 28.7 Å². The monoisotopic (exact) mass is 466 g/mol. The van der Waals surface area contributed by atoms with E-state index < -0.39 is 30.1 Å². The summed E-state index contributed by atoms with van der Waals surface area (Å²) in [6.07, 6.45) is -0.953. The molecule has 2 aliphatic rings. The van der Waals surface area contributed by atoms with Crippen molar-refractivity contribution < 1.29 is 29.3 Å². The van der Waals surface area contributed by atoms with Gasteiger partial charge in [0, 0.05) is 19.0 Å². The number of carboxylic acids is 1. The molecule has 3 atom stereocenters. The van der Waals surface area contributed by atoms with E-state index in [2.05, 4.69) is 17.4 Å². The first-order valence-electron chi connectivity index (χ1n) is 11.6. The summed E-state index contributed by atoms with van der Waals surface area (Å²) >= 11 is 0. The number of nitrogens with zero attached hydrogens (tertiary/aromatic N) is 1. The Morgan fingerprint density at radius 2 is 1.71 bits per heavy atom. The Hall–Kier alpha value is -3.39. The van der Waals surface area contributed by atoms with Crippen LogP contribution >= 0.6 is 0 Å². The fourth-order valence-corrected chi connectivity index (χ4v) is 4.92. The van der Waals surface area contributed by atoms with Crippen LogP contribution in [0.4, 0.5) is 4.79 Å². The number of ether oxygens (including phenoxy) is 1. The van der Waals surface area contributed by atoms with Gasteiger partial charge in [-0.1, -0.05) is 55.5 Å². The van der Waals surface area contributed by atoms with E-state index in [4.69, 9.17) is 4.74 Å². The van der Waals surface area contributed by atoms with Crippen LogP contribution in [0.15, 0.2) is 48.5 Å². The average Bonchev–Trinajstić information content (AvgIpc) is 3.15. The van der Waals surface area contributed by atoms with Gasteiger partial charge >= 0.3 is 12.1 Å². The number of rotatable bonds is 7. The third kappa shape index (κ3) is 5.07. The average molecular weight is 467 g/mol. The summed E-state index contributed by atoms with van der Waals surface area (Å²) in [6.45, 7) is 2.31. The topological polar surface area (TPSA) is 116 Å². The van der Waals surface area contributed by atoms with Gasteiger partial charge in [-0.2, -0.15) is 0 Å². The van der Waals surface area contributed by atoms with Gasteiger partial charge in [0.2, 0.25) is 5.91 Å². The molecule has 0 bridgehead atoms. The molecule has 0 spiro atoms. The van der Waals surface area contributed by atoms with Crippen LogP contribution < -0.4 is 5.32 Å². The van der Waals surface area contributed by atoms with Crippen LogP contribution in [0.3, 0.4) is 0 Å². The zero-order chi connectivity index (χ0) is 24.2. The molecule has 1 aliphatic heterocycles. The molecular formula is C26H30N2O6. The van der Waals surface area contributed by atoms with E-state index in [-0.39, 0.29) is 31.4 Å². The second kappa shape index (κ2) is 10.3. The number of carboxylic acid groups (broad SMARTS) is 1. The number of nitrogens with one attached hydrogen (secondary N) is 1. The molecular weight excluding hydrogens is 436 g/mol. The van der Waals surface area contributed by atoms with Crippen LogP contribution in [0.25, 0.3) is 11.1 Å². The van der Waals surface area contributed by atoms with Gasteiger partial charge in [0.1, 0.15) is 12.6 Å². The molecule has 2 aromatic rings. The molecule has 8 nitrogen and oxygen atoms in total. The summed E-state index contributed by atoms with van der Waals surface area (Å²) in [5.41, 5.74) is 4.47. The highest BCUT2D eigenvalue weighted by molar-refractivity contribution is 5.84. The van der Waals surface area contributed by atoms with Crippen molar-refractivity contribution in [2.24, 2.45) is 5.92 Å². The first kappa shape index (κ1) is 23.8. The van der Waals surface area contributed by atoms with Gasteiger partial charge in [0.25, 0.3) is 0 Å². The third-order valence-corrected chi connectivity index (χ3v) is 6.71. The van der Waals surface area contributed by atoms with Crippen molar-refractivity contribution in [3.63, 3.8) is 0 Å². The lowest BCUT2D eigenvalue weighted by Gasteiger charge is -2.36. The number of amides is 2. The third-order valence-electron chi connectivity index (χ3n) is 6.71. The number of hydrogen-bond acceptors (Lipinski definition) is 5. The zero-order valence-electron chi connectivity index (χ0n) is 19.1. The van der Waals surface area contributed by atoms with Crippen LogP contribution in [-0.2, 0) is 14.3 Å². The van der Waals surface area contributed by atoms with Gasteiger partial charge in [-0.05, 0) is 41.0 Å². The maximum absolute atomic E-state index is 12.6. The molecule has 180 valence electrons. The number of carbonyl (C=O) groups is 3. The van der Waals surface area contributed by atoms with Gasteiger partial charge in [-0.15, -0.1) is 0 Å². The van der Waals surface area contributed by atoms with Crippen LogP contribution in [-0.4, -0.2) is 64.9 Å². The summed E-state index contributed by atoms with van der Waals surface area (Å²) in [7, 11) is 0. The predicted octanol–water partition coefficient (Wildman–Crippen LogP) is 2.99. The Morgan fingerprint density at radius 3 is 2.32 bits per heavy atom. The molecule has 1 saturated heterocycles. The standard InChI is InChI=1S/C26H30N2O6/c1-16-10-11-28(23(12-16)25(31)32)24(30)13-17(29)14-27-26(33)34-15-22-20-8-4-2-6-18(20)19-7-3-5-9-21(19)22/h2-9,16-17,22-23,29H,10-15H2,1H3,(H,27,33)(H,31,32). The number of carbonyl (C=O) groups excluding carboxylic acids is 2. The van der Waals surface area contributed by atoms with Crippen molar-refractivity contribution in [3.05, 3.63) is 59.7 Å². The highest BCUT2D eigenvalue weighted by Gasteiger charge is 2.35. The van der Waals surface area contributed by atoms with Crippen LogP contribution in [0.1, 0.15) is 43.2 Å². The Labute approximate surface area is 198 Å². The van der Waals surface area contributed by atoms with E-state index >= 15 is 0 Å². The summed E-state index contributed by atoms with van der Waals surface area (Å²) in [5.74, 6) is -1.31. The molecule has 34 heavy (non-hydrogen) atoms. The molecule has 4 rings (SSSR count). The number of likely N-dealkylation sites (tertiary alicyclic amines) is 1. The zero-order valence-corrected chi connectivity index (χ0v) is 19.1. The number of piperidine rings is 1. The normalized spacial score (nSPS) is 20.2. The molecule has 1 fully saturated rings. The summed E-state index contributed by atoms with van der Waals surface area (Å²) in [4.78, 5) is 37.7.